The first-order chi connectivity index (χ1) is 13.3. The van der Waals surface area contributed by atoms with Gasteiger partial charge in [0.25, 0.3) is 5.91 Å². The van der Waals surface area contributed by atoms with Gasteiger partial charge in [0.2, 0.25) is 0 Å². The van der Waals surface area contributed by atoms with Crippen molar-refractivity contribution in [2.24, 2.45) is 0 Å². The Morgan fingerprint density at radius 3 is 2.54 bits per heavy atom. The fraction of sp³-hybridized carbons (Fsp3) is 0.200. The Labute approximate surface area is 159 Å². The molecule has 0 aliphatic heterocycles. The lowest BCUT2D eigenvalue weighted by Gasteiger charge is -2.11. The predicted molar refractivity (Wildman–Crippen MR) is 99.1 cm³/mol. The van der Waals surface area contributed by atoms with Crippen molar-refractivity contribution >= 4 is 11.7 Å². The number of hydrogen-bond donors (Lipinski definition) is 2. The van der Waals surface area contributed by atoms with Crippen LogP contribution in [0.5, 0.6) is 5.75 Å². The number of benzene rings is 2. The summed E-state index contributed by atoms with van der Waals surface area (Å²) in [6, 6.07) is 13.5. The Kier molecular flexibility index (Phi) is 5.39. The molecule has 1 amide bonds. The second kappa shape index (κ2) is 7.75. The molecule has 0 fully saturated rings. The number of rotatable bonds is 5. The minimum Gasteiger partial charge on any atom is -0.483 e. The van der Waals surface area contributed by atoms with E-state index in [1.54, 1.807) is 24.3 Å². The summed E-state index contributed by atoms with van der Waals surface area (Å²) in [4.78, 5) is 12.3. The summed E-state index contributed by atoms with van der Waals surface area (Å²) in [5, 5.41) is 8.03. The zero-order valence-electron chi connectivity index (χ0n) is 15.2. The number of amides is 1. The van der Waals surface area contributed by atoms with Crippen LogP contribution >= 0.6 is 0 Å². The normalized spacial score (nSPS) is 11.3. The Bertz CT molecular complexity index is 982. The lowest BCUT2D eigenvalue weighted by Crippen LogP contribution is -2.21. The number of carbonyl (C=O) groups excluding carboxylic acids is 1. The van der Waals surface area contributed by atoms with E-state index in [0.717, 1.165) is 11.1 Å². The van der Waals surface area contributed by atoms with Crippen LogP contribution in [-0.4, -0.2) is 22.7 Å². The number of hydrogen-bond acceptors (Lipinski definition) is 3. The zero-order valence-corrected chi connectivity index (χ0v) is 15.2. The number of anilines is 1. The van der Waals surface area contributed by atoms with Gasteiger partial charge in [-0.3, -0.25) is 9.89 Å². The number of nitrogens with one attached hydrogen (secondary N) is 2. The van der Waals surface area contributed by atoms with E-state index in [-0.39, 0.29) is 23.6 Å². The maximum Gasteiger partial charge on any atom is 0.433 e. The van der Waals surface area contributed by atoms with E-state index in [2.05, 4.69) is 10.4 Å². The summed E-state index contributed by atoms with van der Waals surface area (Å²) in [6.45, 7) is 3.37. The molecule has 0 spiro atoms. The highest BCUT2D eigenvalue weighted by Gasteiger charge is 2.38. The molecule has 0 aliphatic carbocycles. The van der Waals surface area contributed by atoms with Crippen LogP contribution in [0.15, 0.2) is 48.5 Å². The molecular formula is C20H18F3N3O2. The van der Waals surface area contributed by atoms with Gasteiger partial charge in [-0.05, 0) is 36.6 Å². The van der Waals surface area contributed by atoms with E-state index >= 15 is 0 Å². The fourth-order valence-electron chi connectivity index (χ4n) is 2.70. The van der Waals surface area contributed by atoms with Gasteiger partial charge in [-0.25, -0.2) is 0 Å². The Hall–Kier alpha value is -3.29. The quantitative estimate of drug-likeness (QED) is 0.663. The Morgan fingerprint density at radius 1 is 1.14 bits per heavy atom. The average Bonchev–Trinajstić information content (AvgIpc) is 3.07. The second-order valence-electron chi connectivity index (χ2n) is 6.29. The number of aromatic amines is 1. The molecule has 0 bridgehead atoms. The van der Waals surface area contributed by atoms with Crippen LogP contribution in [-0.2, 0) is 11.0 Å². The van der Waals surface area contributed by atoms with Crippen LogP contribution in [0.3, 0.4) is 0 Å². The molecule has 1 heterocycles. The predicted octanol–water partition coefficient (Wildman–Crippen LogP) is 4.73. The molecule has 28 heavy (non-hydrogen) atoms. The molecule has 1 aromatic heterocycles. The zero-order chi connectivity index (χ0) is 20.3. The minimum atomic E-state index is -4.64. The van der Waals surface area contributed by atoms with Crippen LogP contribution in [0.2, 0.25) is 0 Å². The van der Waals surface area contributed by atoms with Crippen LogP contribution in [0.1, 0.15) is 16.8 Å². The van der Waals surface area contributed by atoms with Crippen molar-refractivity contribution < 1.29 is 22.7 Å². The van der Waals surface area contributed by atoms with Gasteiger partial charge in [-0.2, -0.15) is 18.3 Å². The summed E-state index contributed by atoms with van der Waals surface area (Å²) >= 11 is 0. The van der Waals surface area contributed by atoms with E-state index in [9.17, 15) is 18.0 Å². The molecule has 0 unspecified atom stereocenters. The highest BCUT2D eigenvalue weighted by molar-refractivity contribution is 5.95. The molecule has 0 atom stereocenters. The Balaban J connectivity index is 1.81. The van der Waals surface area contributed by atoms with E-state index in [4.69, 9.17) is 4.74 Å². The monoisotopic (exact) mass is 389 g/mol. The van der Waals surface area contributed by atoms with Crippen LogP contribution in [0.25, 0.3) is 11.1 Å². The highest BCUT2D eigenvalue weighted by Crippen LogP contribution is 2.39. The first kappa shape index (κ1) is 19.5. The number of aromatic nitrogens is 2. The molecule has 2 N–H and O–H groups in total. The number of carbonyl (C=O) groups is 1. The first-order valence-corrected chi connectivity index (χ1v) is 8.46. The molecule has 3 rings (SSSR count). The first-order valence-electron chi connectivity index (χ1n) is 8.46. The van der Waals surface area contributed by atoms with Gasteiger partial charge < -0.3 is 10.1 Å². The summed E-state index contributed by atoms with van der Waals surface area (Å²) in [5.74, 6) is -0.275. The number of alkyl halides is 3. The van der Waals surface area contributed by atoms with Crippen molar-refractivity contribution in [3.05, 3.63) is 65.4 Å². The standard InChI is InChI=1S/C20H18F3N3O2/c1-12-8-9-13(2)15(10-12)28-11-16(27)24-19-17(14-6-4-3-5-7-14)18(25-26-19)20(21,22)23/h3-10H,11H2,1-2H3,(H2,24,25,26,27). The van der Waals surface area contributed by atoms with Crippen molar-refractivity contribution in [2.75, 3.05) is 11.9 Å². The van der Waals surface area contributed by atoms with Crippen molar-refractivity contribution in [2.45, 2.75) is 20.0 Å². The molecular weight excluding hydrogens is 371 g/mol. The van der Waals surface area contributed by atoms with E-state index < -0.39 is 17.8 Å². The summed E-state index contributed by atoms with van der Waals surface area (Å²) < 4.78 is 45.5. The second-order valence-corrected chi connectivity index (χ2v) is 6.29. The number of ether oxygens (including phenoxy) is 1. The molecule has 0 aliphatic rings. The molecule has 146 valence electrons. The summed E-state index contributed by atoms with van der Waals surface area (Å²) in [7, 11) is 0. The van der Waals surface area contributed by atoms with Gasteiger partial charge in [0.05, 0.1) is 5.56 Å². The molecule has 0 saturated heterocycles. The van der Waals surface area contributed by atoms with Crippen molar-refractivity contribution in [1.29, 1.82) is 0 Å². The topological polar surface area (TPSA) is 67.0 Å². The maximum absolute atomic E-state index is 13.3. The SMILES string of the molecule is Cc1ccc(C)c(OCC(=O)Nc2n[nH]c(C(F)(F)F)c2-c2ccccc2)c1. The number of nitrogens with zero attached hydrogens (tertiary/aromatic N) is 1. The number of halogens is 3. The average molecular weight is 389 g/mol. The van der Waals surface area contributed by atoms with Crippen molar-refractivity contribution in [1.82, 2.24) is 10.2 Å². The largest absolute Gasteiger partial charge is 0.483 e. The lowest BCUT2D eigenvalue weighted by molar-refractivity contribution is -0.140. The van der Waals surface area contributed by atoms with E-state index in [1.807, 2.05) is 31.1 Å². The van der Waals surface area contributed by atoms with Gasteiger partial charge in [-0.1, -0.05) is 42.5 Å². The molecule has 5 nitrogen and oxygen atoms in total. The lowest BCUT2D eigenvalue weighted by atomic mass is 10.1. The highest BCUT2D eigenvalue weighted by atomic mass is 19.4. The van der Waals surface area contributed by atoms with E-state index in [1.165, 1.54) is 12.1 Å². The third kappa shape index (κ3) is 4.33. The number of H-pyrrole nitrogens is 1. The van der Waals surface area contributed by atoms with Crippen LogP contribution < -0.4 is 10.1 Å². The van der Waals surface area contributed by atoms with Gasteiger partial charge in [-0.15, -0.1) is 0 Å². The third-order valence-electron chi connectivity index (χ3n) is 4.07. The van der Waals surface area contributed by atoms with Gasteiger partial charge in [0.15, 0.2) is 12.4 Å². The van der Waals surface area contributed by atoms with Crippen molar-refractivity contribution in [3.8, 4) is 16.9 Å². The van der Waals surface area contributed by atoms with Gasteiger partial charge in [0, 0.05) is 0 Å². The molecule has 2 aromatic carbocycles. The maximum atomic E-state index is 13.3. The Morgan fingerprint density at radius 2 is 1.86 bits per heavy atom. The molecule has 8 heteroatoms. The molecule has 0 saturated carbocycles. The fourth-order valence-corrected chi connectivity index (χ4v) is 2.70. The summed E-state index contributed by atoms with van der Waals surface area (Å²) in [6.07, 6.45) is -4.64. The van der Waals surface area contributed by atoms with Gasteiger partial charge in [0.1, 0.15) is 11.4 Å². The van der Waals surface area contributed by atoms with Crippen molar-refractivity contribution in [3.63, 3.8) is 0 Å². The third-order valence-corrected chi connectivity index (χ3v) is 4.07. The summed E-state index contributed by atoms with van der Waals surface area (Å²) in [5.41, 5.74) is 0.865. The van der Waals surface area contributed by atoms with E-state index in [0.29, 0.717) is 5.75 Å². The number of aryl methyl sites for hydroxylation is 2. The molecule has 0 radical (unpaired) electrons. The van der Waals surface area contributed by atoms with Crippen LogP contribution in [0, 0.1) is 13.8 Å². The molecule has 3 aromatic rings. The minimum absolute atomic E-state index is 0.201. The van der Waals surface area contributed by atoms with Crippen LogP contribution in [0.4, 0.5) is 19.0 Å². The van der Waals surface area contributed by atoms with Gasteiger partial charge >= 0.3 is 6.18 Å². The smallest absolute Gasteiger partial charge is 0.433 e.